The van der Waals surface area contributed by atoms with Gasteiger partial charge in [0.2, 0.25) is 0 Å². The Balaban J connectivity index is 2.31. The number of hydrogen-bond acceptors (Lipinski definition) is 5. The zero-order chi connectivity index (χ0) is 20.8. The molecule has 1 aromatic carbocycles. The van der Waals surface area contributed by atoms with Crippen LogP contribution in [0.15, 0.2) is 29.6 Å². The van der Waals surface area contributed by atoms with E-state index in [0.717, 1.165) is 12.1 Å². The summed E-state index contributed by atoms with van der Waals surface area (Å²) in [5.74, 6) is -2.27. The first-order valence-corrected chi connectivity index (χ1v) is 9.42. The fourth-order valence-corrected chi connectivity index (χ4v) is 3.44. The fraction of sp³-hybridized carbons (Fsp3) is 0.211. The Morgan fingerprint density at radius 3 is 2.50 bits per heavy atom. The SMILES string of the molecule is CC(C)(C)C(=O)O/C(=C1\C(=O)N(C(N)=O)c2cc(Cl)c(F)cc21)c1cccs1. The van der Waals surface area contributed by atoms with Crippen LogP contribution in [0, 0.1) is 11.2 Å². The molecule has 0 radical (unpaired) electrons. The molecule has 6 nitrogen and oxygen atoms in total. The molecule has 1 aliphatic heterocycles. The van der Waals surface area contributed by atoms with Gasteiger partial charge in [-0.3, -0.25) is 9.59 Å². The number of halogens is 2. The summed E-state index contributed by atoms with van der Waals surface area (Å²) < 4.78 is 19.7. The van der Waals surface area contributed by atoms with Crippen molar-refractivity contribution < 1.29 is 23.5 Å². The van der Waals surface area contributed by atoms with Crippen LogP contribution in [0.3, 0.4) is 0 Å². The van der Waals surface area contributed by atoms with Crippen LogP contribution in [0.4, 0.5) is 14.9 Å². The van der Waals surface area contributed by atoms with E-state index >= 15 is 0 Å². The molecule has 3 rings (SSSR count). The first-order chi connectivity index (χ1) is 13.0. The number of thiophene rings is 1. The first-order valence-electron chi connectivity index (χ1n) is 8.16. The second kappa shape index (κ2) is 7.03. The molecule has 0 saturated carbocycles. The molecule has 9 heteroatoms. The van der Waals surface area contributed by atoms with Crippen LogP contribution in [-0.4, -0.2) is 17.9 Å². The van der Waals surface area contributed by atoms with Crippen LogP contribution >= 0.6 is 22.9 Å². The molecule has 3 amide bonds. The summed E-state index contributed by atoms with van der Waals surface area (Å²) in [5, 5.41) is 1.46. The van der Waals surface area contributed by atoms with Crippen LogP contribution in [0.1, 0.15) is 31.2 Å². The van der Waals surface area contributed by atoms with Crippen LogP contribution in [0.5, 0.6) is 0 Å². The standard InChI is InChI=1S/C19H16ClFN2O4S/c1-19(2,3)17(25)27-15(13-5-4-6-28-13)14-9-7-11(21)10(20)8-12(9)23(16(14)24)18(22)26/h4-8H,1-3H3,(H2,22,26)/b15-14-. The molecule has 1 aromatic heterocycles. The summed E-state index contributed by atoms with van der Waals surface area (Å²) in [6.45, 7) is 4.98. The van der Waals surface area contributed by atoms with E-state index in [2.05, 4.69) is 0 Å². The number of esters is 1. The zero-order valence-corrected chi connectivity index (χ0v) is 16.8. The zero-order valence-electron chi connectivity index (χ0n) is 15.2. The predicted molar refractivity (Wildman–Crippen MR) is 105 cm³/mol. The minimum absolute atomic E-state index is 0.0276. The monoisotopic (exact) mass is 422 g/mol. The molecule has 0 atom stereocenters. The van der Waals surface area contributed by atoms with E-state index in [1.807, 2.05) is 0 Å². The van der Waals surface area contributed by atoms with Crippen molar-refractivity contribution in [2.45, 2.75) is 20.8 Å². The van der Waals surface area contributed by atoms with Gasteiger partial charge in [0.25, 0.3) is 5.91 Å². The van der Waals surface area contributed by atoms with Crippen molar-refractivity contribution in [2.75, 3.05) is 4.90 Å². The highest BCUT2D eigenvalue weighted by Crippen LogP contribution is 2.44. The normalized spacial score (nSPS) is 15.5. The summed E-state index contributed by atoms with van der Waals surface area (Å²) >= 11 is 7.04. The number of carbonyl (C=O) groups excluding carboxylic acids is 3. The summed E-state index contributed by atoms with van der Waals surface area (Å²) in [6, 6.07) is 4.46. The van der Waals surface area contributed by atoms with Crippen LogP contribution in [0.2, 0.25) is 5.02 Å². The number of benzene rings is 1. The third-order valence-corrected chi connectivity index (χ3v) is 5.12. The van der Waals surface area contributed by atoms with E-state index in [-0.39, 0.29) is 27.6 Å². The average Bonchev–Trinajstić information content (AvgIpc) is 3.19. The van der Waals surface area contributed by atoms with Gasteiger partial charge in [-0.2, -0.15) is 0 Å². The van der Waals surface area contributed by atoms with E-state index < -0.39 is 29.1 Å². The van der Waals surface area contributed by atoms with Gasteiger partial charge in [-0.15, -0.1) is 11.3 Å². The van der Waals surface area contributed by atoms with Gasteiger partial charge >= 0.3 is 12.0 Å². The number of primary amides is 1. The maximum Gasteiger partial charge on any atom is 0.326 e. The van der Waals surface area contributed by atoms with Crippen molar-refractivity contribution in [1.29, 1.82) is 0 Å². The third kappa shape index (κ3) is 3.41. The van der Waals surface area contributed by atoms with Gasteiger partial charge < -0.3 is 10.5 Å². The number of amides is 3. The number of ether oxygens (including phenoxy) is 1. The molecule has 2 heterocycles. The number of rotatable bonds is 2. The number of anilines is 1. The lowest BCUT2D eigenvalue weighted by Crippen LogP contribution is -2.38. The lowest BCUT2D eigenvalue weighted by Gasteiger charge is -2.19. The van der Waals surface area contributed by atoms with E-state index in [9.17, 15) is 18.8 Å². The Hall–Kier alpha value is -2.71. The van der Waals surface area contributed by atoms with Gasteiger partial charge in [0.1, 0.15) is 5.82 Å². The highest BCUT2D eigenvalue weighted by atomic mass is 35.5. The maximum atomic E-state index is 14.2. The second-order valence-corrected chi connectivity index (χ2v) is 8.44. The molecular formula is C19H16ClFN2O4S. The van der Waals surface area contributed by atoms with Crippen molar-refractivity contribution >= 4 is 57.9 Å². The Morgan fingerprint density at radius 1 is 1.29 bits per heavy atom. The Morgan fingerprint density at radius 2 is 1.96 bits per heavy atom. The van der Waals surface area contributed by atoms with E-state index in [4.69, 9.17) is 22.1 Å². The Kier molecular flexibility index (Phi) is 5.03. The maximum absolute atomic E-state index is 14.2. The van der Waals surface area contributed by atoms with Gasteiger partial charge in [-0.1, -0.05) is 17.7 Å². The minimum atomic E-state index is -1.06. The van der Waals surface area contributed by atoms with Gasteiger partial charge in [0, 0.05) is 5.56 Å². The van der Waals surface area contributed by atoms with Crippen molar-refractivity contribution in [3.8, 4) is 0 Å². The quantitative estimate of drug-likeness (QED) is 0.440. The molecule has 0 bridgehead atoms. The smallest absolute Gasteiger partial charge is 0.326 e. The molecule has 0 unspecified atom stereocenters. The molecule has 28 heavy (non-hydrogen) atoms. The van der Waals surface area contributed by atoms with Crippen LogP contribution in [0.25, 0.3) is 11.3 Å². The summed E-state index contributed by atoms with van der Waals surface area (Å²) in [6.07, 6.45) is 0. The topological polar surface area (TPSA) is 89.7 Å². The largest absolute Gasteiger partial charge is 0.424 e. The number of nitrogens with two attached hydrogens (primary N) is 1. The summed E-state index contributed by atoms with van der Waals surface area (Å²) in [4.78, 5) is 38.5. The number of fused-ring (bicyclic) bond motifs is 1. The Labute approximate surface area is 169 Å². The highest BCUT2D eigenvalue weighted by Gasteiger charge is 2.41. The molecular weight excluding hydrogens is 407 g/mol. The number of carbonyl (C=O) groups is 3. The number of nitrogens with zero attached hydrogens (tertiary/aromatic N) is 1. The highest BCUT2D eigenvalue weighted by molar-refractivity contribution is 7.11. The third-order valence-electron chi connectivity index (χ3n) is 3.97. The lowest BCUT2D eigenvalue weighted by molar-refractivity contribution is -0.145. The average molecular weight is 423 g/mol. The summed E-state index contributed by atoms with van der Waals surface area (Å²) in [7, 11) is 0. The Bertz CT molecular complexity index is 1030. The molecule has 0 fully saturated rings. The number of hydrogen-bond donors (Lipinski definition) is 1. The second-order valence-electron chi connectivity index (χ2n) is 7.08. The van der Waals surface area contributed by atoms with Crippen molar-refractivity contribution in [3.63, 3.8) is 0 Å². The first kappa shape index (κ1) is 20.0. The van der Waals surface area contributed by atoms with E-state index in [0.29, 0.717) is 9.78 Å². The molecule has 146 valence electrons. The molecule has 0 saturated heterocycles. The molecule has 2 aromatic rings. The van der Waals surface area contributed by atoms with Crippen LogP contribution in [-0.2, 0) is 14.3 Å². The van der Waals surface area contributed by atoms with Gasteiger partial charge in [-0.05, 0) is 44.4 Å². The fourth-order valence-electron chi connectivity index (χ4n) is 2.57. The van der Waals surface area contributed by atoms with Crippen molar-refractivity contribution in [2.24, 2.45) is 11.1 Å². The van der Waals surface area contributed by atoms with Gasteiger partial charge in [0.15, 0.2) is 5.76 Å². The van der Waals surface area contributed by atoms with E-state index in [1.54, 1.807) is 38.3 Å². The number of urea groups is 1. The van der Waals surface area contributed by atoms with Gasteiger partial charge in [0.05, 0.1) is 26.6 Å². The summed E-state index contributed by atoms with van der Waals surface area (Å²) in [5.41, 5.74) is 4.44. The van der Waals surface area contributed by atoms with Crippen LogP contribution < -0.4 is 10.6 Å². The minimum Gasteiger partial charge on any atom is -0.424 e. The van der Waals surface area contributed by atoms with Crippen molar-refractivity contribution in [3.05, 3.63) is 50.9 Å². The number of imide groups is 1. The lowest BCUT2D eigenvalue weighted by atomic mass is 9.97. The molecule has 0 aliphatic carbocycles. The molecule has 1 aliphatic rings. The molecule has 0 spiro atoms. The van der Waals surface area contributed by atoms with E-state index in [1.165, 1.54) is 11.3 Å². The molecule has 2 N–H and O–H groups in total. The van der Waals surface area contributed by atoms with Gasteiger partial charge in [-0.25, -0.2) is 14.1 Å². The predicted octanol–water partition coefficient (Wildman–Crippen LogP) is 4.42. The van der Waals surface area contributed by atoms with Crippen molar-refractivity contribution in [1.82, 2.24) is 0 Å².